The molecule has 0 atom stereocenters. The highest BCUT2D eigenvalue weighted by Crippen LogP contribution is 2.21. The van der Waals surface area contributed by atoms with Crippen molar-refractivity contribution in [3.8, 4) is 11.5 Å². The fourth-order valence-corrected chi connectivity index (χ4v) is 2.51. The lowest BCUT2D eigenvalue weighted by atomic mass is 10.0. The van der Waals surface area contributed by atoms with Gasteiger partial charge in [0.05, 0.1) is 5.69 Å². The minimum absolute atomic E-state index is 0.753. The van der Waals surface area contributed by atoms with Gasteiger partial charge in [0.15, 0.2) is 5.82 Å². The second-order valence-corrected chi connectivity index (χ2v) is 4.86. The molecule has 0 radical (unpaired) electrons. The van der Waals surface area contributed by atoms with E-state index in [1.165, 1.54) is 11.3 Å². The zero-order chi connectivity index (χ0) is 13.2. The highest BCUT2D eigenvalue weighted by atomic mass is 15.0. The van der Waals surface area contributed by atoms with Crippen LogP contribution in [0.2, 0.25) is 0 Å². The van der Waals surface area contributed by atoms with Crippen LogP contribution in [-0.4, -0.2) is 21.5 Å². The third kappa shape index (κ3) is 2.36. The van der Waals surface area contributed by atoms with Crippen molar-refractivity contribution in [2.24, 2.45) is 0 Å². The minimum atomic E-state index is 0.753. The van der Waals surface area contributed by atoms with Crippen LogP contribution in [-0.2, 0) is 19.4 Å². The van der Waals surface area contributed by atoms with Gasteiger partial charge in [-0.2, -0.15) is 0 Å². The van der Waals surface area contributed by atoms with E-state index in [-0.39, 0.29) is 0 Å². The maximum Gasteiger partial charge on any atom is 0.178 e. The van der Waals surface area contributed by atoms with Gasteiger partial charge >= 0.3 is 0 Å². The molecule has 0 saturated heterocycles. The number of pyridine rings is 1. The Morgan fingerprint density at radius 1 is 1.21 bits per heavy atom. The van der Waals surface area contributed by atoms with Crippen LogP contribution in [0.3, 0.4) is 0 Å². The standard InChI is InChI=1S/C15H18N4/c1-3-12-11-7-8-16-9-14(11)19-15(18-12)13-6-4-5-10(2)17-13/h4-6,16H,3,7-9H2,1-2H3. The molecule has 1 N–H and O–H groups in total. The zero-order valence-electron chi connectivity index (χ0n) is 11.4. The largest absolute Gasteiger partial charge is 0.311 e. The Morgan fingerprint density at radius 2 is 2.11 bits per heavy atom. The molecule has 19 heavy (non-hydrogen) atoms. The van der Waals surface area contributed by atoms with Gasteiger partial charge < -0.3 is 5.32 Å². The average Bonchev–Trinajstić information content (AvgIpc) is 2.46. The SMILES string of the molecule is CCc1nc(-c2cccc(C)n2)nc2c1CCNC2. The summed E-state index contributed by atoms with van der Waals surface area (Å²) in [7, 11) is 0. The fourth-order valence-electron chi connectivity index (χ4n) is 2.51. The number of rotatable bonds is 2. The van der Waals surface area contributed by atoms with Crippen molar-refractivity contribution in [3.63, 3.8) is 0 Å². The first-order valence-electron chi connectivity index (χ1n) is 6.81. The molecule has 0 fully saturated rings. The Balaban J connectivity index is 2.12. The van der Waals surface area contributed by atoms with Crippen molar-refractivity contribution in [3.05, 3.63) is 40.8 Å². The van der Waals surface area contributed by atoms with E-state index in [4.69, 9.17) is 9.97 Å². The number of fused-ring (bicyclic) bond motifs is 1. The predicted octanol–water partition coefficient (Wildman–Crippen LogP) is 2.06. The molecule has 0 aromatic carbocycles. The van der Waals surface area contributed by atoms with E-state index < -0.39 is 0 Å². The second-order valence-electron chi connectivity index (χ2n) is 4.86. The summed E-state index contributed by atoms with van der Waals surface area (Å²) >= 11 is 0. The Labute approximate surface area is 113 Å². The molecule has 98 valence electrons. The summed E-state index contributed by atoms with van der Waals surface area (Å²) in [6.45, 7) is 6.00. The lowest BCUT2D eigenvalue weighted by molar-refractivity contribution is 0.616. The van der Waals surface area contributed by atoms with Gasteiger partial charge in [0.1, 0.15) is 5.69 Å². The number of nitrogens with zero attached hydrogens (tertiary/aromatic N) is 3. The topological polar surface area (TPSA) is 50.7 Å². The first-order chi connectivity index (χ1) is 9.28. The Bertz CT molecular complexity index is 590. The molecule has 0 amide bonds. The maximum atomic E-state index is 4.71. The van der Waals surface area contributed by atoms with E-state index in [1.807, 2.05) is 25.1 Å². The van der Waals surface area contributed by atoms with Crippen LogP contribution >= 0.6 is 0 Å². The molecule has 1 aliphatic rings. The second kappa shape index (κ2) is 5.05. The van der Waals surface area contributed by atoms with Crippen LogP contribution in [0, 0.1) is 6.92 Å². The van der Waals surface area contributed by atoms with Crippen LogP contribution in [0.1, 0.15) is 29.6 Å². The molecule has 4 heteroatoms. The summed E-state index contributed by atoms with van der Waals surface area (Å²) in [6, 6.07) is 5.97. The highest BCUT2D eigenvalue weighted by molar-refractivity contribution is 5.51. The summed E-state index contributed by atoms with van der Waals surface area (Å²) in [5.74, 6) is 0.753. The number of aromatic nitrogens is 3. The number of hydrogen-bond acceptors (Lipinski definition) is 4. The lowest BCUT2D eigenvalue weighted by Gasteiger charge is -2.19. The highest BCUT2D eigenvalue weighted by Gasteiger charge is 2.17. The summed E-state index contributed by atoms with van der Waals surface area (Å²) in [5, 5.41) is 3.37. The molecule has 4 nitrogen and oxygen atoms in total. The van der Waals surface area contributed by atoms with E-state index in [2.05, 4.69) is 17.2 Å². The Hall–Kier alpha value is -1.81. The zero-order valence-corrected chi connectivity index (χ0v) is 11.4. The van der Waals surface area contributed by atoms with Crippen LogP contribution in [0.5, 0.6) is 0 Å². The van der Waals surface area contributed by atoms with Crippen molar-refractivity contribution < 1.29 is 0 Å². The third-order valence-electron chi connectivity index (χ3n) is 3.47. The molecule has 3 rings (SSSR count). The molecule has 0 unspecified atom stereocenters. The van der Waals surface area contributed by atoms with Crippen molar-refractivity contribution in [2.75, 3.05) is 6.54 Å². The quantitative estimate of drug-likeness (QED) is 0.891. The molecule has 0 spiro atoms. The van der Waals surface area contributed by atoms with Crippen LogP contribution in [0.25, 0.3) is 11.5 Å². The van der Waals surface area contributed by atoms with E-state index in [1.54, 1.807) is 0 Å². The van der Waals surface area contributed by atoms with E-state index >= 15 is 0 Å². The summed E-state index contributed by atoms with van der Waals surface area (Å²) in [4.78, 5) is 13.9. The van der Waals surface area contributed by atoms with Crippen molar-refractivity contribution >= 4 is 0 Å². The molecule has 1 aliphatic heterocycles. The molecular formula is C15H18N4. The molecule has 0 saturated carbocycles. The lowest BCUT2D eigenvalue weighted by Crippen LogP contribution is -2.26. The molecule has 2 aromatic rings. The number of nitrogens with one attached hydrogen (secondary N) is 1. The van der Waals surface area contributed by atoms with Crippen molar-refractivity contribution in [1.82, 2.24) is 20.3 Å². The van der Waals surface area contributed by atoms with Gasteiger partial charge in [0, 0.05) is 17.9 Å². The number of aryl methyl sites for hydroxylation is 2. The van der Waals surface area contributed by atoms with Gasteiger partial charge in [-0.1, -0.05) is 13.0 Å². The van der Waals surface area contributed by atoms with Gasteiger partial charge in [-0.05, 0) is 44.0 Å². The summed E-state index contributed by atoms with van der Waals surface area (Å²) in [5.41, 5.74) is 5.50. The predicted molar refractivity (Wildman–Crippen MR) is 74.8 cm³/mol. The van der Waals surface area contributed by atoms with Gasteiger partial charge in [0.2, 0.25) is 0 Å². The van der Waals surface area contributed by atoms with Gasteiger partial charge in [-0.15, -0.1) is 0 Å². The summed E-state index contributed by atoms with van der Waals surface area (Å²) in [6.07, 6.45) is 1.98. The monoisotopic (exact) mass is 254 g/mol. The molecule has 0 aliphatic carbocycles. The van der Waals surface area contributed by atoms with Gasteiger partial charge in [-0.25, -0.2) is 15.0 Å². The van der Waals surface area contributed by atoms with Crippen molar-refractivity contribution in [2.45, 2.75) is 33.2 Å². The molecule has 3 heterocycles. The van der Waals surface area contributed by atoms with E-state index in [0.29, 0.717) is 0 Å². The van der Waals surface area contributed by atoms with Crippen molar-refractivity contribution in [1.29, 1.82) is 0 Å². The maximum absolute atomic E-state index is 4.71. The van der Waals surface area contributed by atoms with Crippen LogP contribution in [0.15, 0.2) is 18.2 Å². The van der Waals surface area contributed by atoms with Gasteiger partial charge in [0.25, 0.3) is 0 Å². The normalized spacial score (nSPS) is 14.2. The number of hydrogen-bond donors (Lipinski definition) is 1. The van der Waals surface area contributed by atoms with Crippen LogP contribution < -0.4 is 5.32 Å². The van der Waals surface area contributed by atoms with Crippen LogP contribution in [0.4, 0.5) is 0 Å². The van der Waals surface area contributed by atoms with E-state index in [9.17, 15) is 0 Å². The Morgan fingerprint density at radius 3 is 2.89 bits per heavy atom. The Kier molecular flexibility index (Phi) is 3.25. The minimum Gasteiger partial charge on any atom is -0.311 e. The smallest absolute Gasteiger partial charge is 0.178 e. The fraction of sp³-hybridized carbons (Fsp3) is 0.400. The summed E-state index contributed by atoms with van der Waals surface area (Å²) < 4.78 is 0. The molecular weight excluding hydrogens is 236 g/mol. The third-order valence-corrected chi connectivity index (χ3v) is 3.47. The van der Waals surface area contributed by atoms with E-state index in [0.717, 1.165) is 48.8 Å². The van der Waals surface area contributed by atoms with Gasteiger partial charge in [-0.3, -0.25) is 0 Å². The molecule has 0 bridgehead atoms. The average molecular weight is 254 g/mol. The molecule has 2 aromatic heterocycles. The first kappa shape index (κ1) is 12.2. The first-order valence-corrected chi connectivity index (χ1v) is 6.81.